The van der Waals surface area contributed by atoms with Crippen LogP contribution in [0.3, 0.4) is 0 Å². The number of morpholine rings is 1. The quantitative estimate of drug-likeness (QED) is 0.897. The zero-order valence-corrected chi connectivity index (χ0v) is 11.2. The van der Waals surface area contributed by atoms with Crippen LogP contribution in [0.2, 0.25) is 5.02 Å². The molecule has 0 spiro atoms. The van der Waals surface area contributed by atoms with Crippen LogP contribution >= 0.6 is 11.6 Å². The van der Waals surface area contributed by atoms with E-state index in [0.717, 1.165) is 18.8 Å². The summed E-state index contributed by atoms with van der Waals surface area (Å²) in [7, 11) is 0. The number of ether oxygens (including phenoxy) is 1. The van der Waals surface area contributed by atoms with Crippen molar-refractivity contribution < 1.29 is 14.6 Å². The Morgan fingerprint density at radius 3 is 2.78 bits per heavy atom. The predicted molar refractivity (Wildman–Crippen MR) is 70.7 cm³/mol. The molecule has 1 heterocycles. The van der Waals surface area contributed by atoms with Gasteiger partial charge in [0, 0.05) is 13.1 Å². The van der Waals surface area contributed by atoms with Crippen LogP contribution in [0.1, 0.15) is 24.2 Å². The lowest BCUT2D eigenvalue weighted by atomic mass is 10.1. The molecule has 0 aromatic heterocycles. The average molecular weight is 270 g/mol. The van der Waals surface area contributed by atoms with Crippen molar-refractivity contribution in [3.63, 3.8) is 0 Å². The molecule has 1 N–H and O–H groups in total. The third-order valence-electron chi connectivity index (χ3n) is 2.96. The summed E-state index contributed by atoms with van der Waals surface area (Å²) >= 11 is 6.15. The molecule has 1 fully saturated rings. The topological polar surface area (TPSA) is 49.8 Å². The zero-order chi connectivity index (χ0) is 13.3. The number of carboxylic acids is 1. The van der Waals surface area contributed by atoms with E-state index >= 15 is 0 Å². The lowest BCUT2D eigenvalue weighted by Gasteiger charge is -2.39. The first kappa shape index (κ1) is 13.2. The second-order valence-corrected chi connectivity index (χ2v) is 5.41. The Kier molecular flexibility index (Phi) is 3.50. The van der Waals surface area contributed by atoms with Gasteiger partial charge in [-0.05, 0) is 32.0 Å². The van der Waals surface area contributed by atoms with Crippen LogP contribution in [-0.4, -0.2) is 36.4 Å². The van der Waals surface area contributed by atoms with Crippen molar-refractivity contribution in [2.75, 3.05) is 24.6 Å². The Labute approximate surface area is 111 Å². The molecule has 1 aliphatic rings. The zero-order valence-electron chi connectivity index (χ0n) is 10.4. The van der Waals surface area contributed by atoms with E-state index in [9.17, 15) is 4.79 Å². The van der Waals surface area contributed by atoms with Gasteiger partial charge in [0.05, 0.1) is 28.5 Å². The summed E-state index contributed by atoms with van der Waals surface area (Å²) < 4.78 is 5.64. The molecular formula is C13H16ClNO3. The minimum atomic E-state index is -0.967. The molecule has 0 aliphatic carbocycles. The van der Waals surface area contributed by atoms with Crippen LogP contribution in [0.4, 0.5) is 5.69 Å². The van der Waals surface area contributed by atoms with Crippen LogP contribution in [0, 0.1) is 0 Å². The highest BCUT2D eigenvalue weighted by atomic mass is 35.5. The van der Waals surface area contributed by atoms with Gasteiger partial charge in [-0.1, -0.05) is 11.6 Å². The third kappa shape index (κ3) is 2.76. The van der Waals surface area contributed by atoms with E-state index in [4.69, 9.17) is 21.4 Å². The maximum atomic E-state index is 10.9. The lowest BCUT2D eigenvalue weighted by molar-refractivity contribution is -0.0276. The standard InChI is InChI=1S/C13H16ClNO3/c1-13(2)8-15(5-6-18-13)11-4-3-9(12(16)17)7-10(11)14/h3-4,7H,5-6,8H2,1-2H3,(H,16,17). The minimum absolute atomic E-state index is 0.205. The molecule has 1 aliphatic heterocycles. The van der Waals surface area contributed by atoms with Crippen molar-refractivity contribution in [2.24, 2.45) is 0 Å². The van der Waals surface area contributed by atoms with Crippen molar-refractivity contribution in [1.82, 2.24) is 0 Å². The molecule has 4 nitrogen and oxygen atoms in total. The monoisotopic (exact) mass is 269 g/mol. The molecular weight excluding hydrogens is 254 g/mol. The SMILES string of the molecule is CC1(C)CN(c2ccc(C(=O)O)cc2Cl)CCO1. The number of nitrogens with zero attached hydrogens (tertiary/aromatic N) is 1. The van der Waals surface area contributed by atoms with Crippen molar-refractivity contribution in [2.45, 2.75) is 19.4 Å². The van der Waals surface area contributed by atoms with E-state index in [-0.39, 0.29) is 11.2 Å². The van der Waals surface area contributed by atoms with Crippen molar-refractivity contribution in [1.29, 1.82) is 0 Å². The van der Waals surface area contributed by atoms with Crippen molar-refractivity contribution in [3.8, 4) is 0 Å². The van der Waals surface area contributed by atoms with Crippen LogP contribution in [0.25, 0.3) is 0 Å². The van der Waals surface area contributed by atoms with Gasteiger partial charge in [0.1, 0.15) is 0 Å². The number of hydrogen-bond donors (Lipinski definition) is 1. The van der Waals surface area contributed by atoms with Crippen LogP contribution in [0.5, 0.6) is 0 Å². The van der Waals surface area contributed by atoms with Crippen LogP contribution in [0.15, 0.2) is 18.2 Å². The maximum absolute atomic E-state index is 10.9. The fourth-order valence-corrected chi connectivity index (χ4v) is 2.42. The second kappa shape index (κ2) is 4.78. The highest BCUT2D eigenvalue weighted by Crippen LogP contribution is 2.30. The van der Waals surface area contributed by atoms with Crippen molar-refractivity contribution >= 4 is 23.3 Å². The van der Waals surface area contributed by atoms with E-state index < -0.39 is 5.97 Å². The van der Waals surface area contributed by atoms with E-state index in [1.165, 1.54) is 6.07 Å². The summed E-state index contributed by atoms with van der Waals surface area (Å²) in [6, 6.07) is 4.82. The molecule has 2 rings (SSSR count). The first-order chi connectivity index (χ1) is 8.39. The summed E-state index contributed by atoms with van der Waals surface area (Å²) in [4.78, 5) is 13.0. The molecule has 1 saturated heterocycles. The fraction of sp³-hybridized carbons (Fsp3) is 0.462. The predicted octanol–water partition coefficient (Wildman–Crippen LogP) is 2.65. The highest BCUT2D eigenvalue weighted by molar-refractivity contribution is 6.33. The largest absolute Gasteiger partial charge is 0.478 e. The number of benzene rings is 1. The highest BCUT2D eigenvalue weighted by Gasteiger charge is 2.28. The first-order valence-corrected chi connectivity index (χ1v) is 6.19. The van der Waals surface area contributed by atoms with Gasteiger partial charge in [0.15, 0.2) is 0 Å². The third-order valence-corrected chi connectivity index (χ3v) is 3.26. The Morgan fingerprint density at radius 2 is 2.22 bits per heavy atom. The first-order valence-electron chi connectivity index (χ1n) is 5.81. The number of aromatic carboxylic acids is 1. The molecule has 0 amide bonds. The lowest BCUT2D eigenvalue weighted by Crippen LogP contribution is -2.48. The van der Waals surface area contributed by atoms with E-state index in [0.29, 0.717) is 11.6 Å². The maximum Gasteiger partial charge on any atom is 0.335 e. The van der Waals surface area contributed by atoms with Crippen LogP contribution in [-0.2, 0) is 4.74 Å². The van der Waals surface area contributed by atoms with Crippen LogP contribution < -0.4 is 4.90 Å². The summed E-state index contributed by atoms with van der Waals surface area (Å²) in [6.07, 6.45) is 0. The normalized spacial score (nSPS) is 18.7. The Morgan fingerprint density at radius 1 is 1.50 bits per heavy atom. The molecule has 0 bridgehead atoms. The molecule has 0 saturated carbocycles. The van der Waals surface area contributed by atoms with Gasteiger partial charge in [-0.3, -0.25) is 0 Å². The Balaban J connectivity index is 2.26. The number of carboxylic acid groups (broad SMARTS) is 1. The van der Waals surface area contributed by atoms with Gasteiger partial charge >= 0.3 is 5.97 Å². The molecule has 5 heteroatoms. The number of rotatable bonds is 2. The average Bonchev–Trinajstić information content (AvgIpc) is 2.27. The van der Waals surface area contributed by atoms with Crippen molar-refractivity contribution in [3.05, 3.63) is 28.8 Å². The smallest absolute Gasteiger partial charge is 0.335 e. The Bertz CT molecular complexity index is 473. The molecule has 0 unspecified atom stereocenters. The van der Waals surface area contributed by atoms with E-state index in [1.54, 1.807) is 12.1 Å². The molecule has 98 valence electrons. The van der Waals surface area contributed by atoms with E-state index in [2.05, 4.69) is 4.90 Å². The molecule has 18 heavy (non-hydrogen) atoms. The number of carbonyl (C=O) groups is 1. The van der Waals surface area contributed by atoms with Gasteiger partial charge < -0.3 is 14.7 Å². The molecule has 1 aromatic rings. The fourth-order valence-electron chi connectivity index (χ4n) is 2.12. The molecule has 1 aromatic carbocycles. The van der Waals surface area contributed by atoms with Gasteiger partial charge in [-0.25, -0.2) is 4.79 Å². The Hall–Kier alpha value is -1.26. The minimum Gasteiger partial charge on any atom is -0.478 e. The van der Waals surface area contributed by atoms with Gasteiger partial charge in [0.25, 0.3) is 0 Å². The van der Waals surface area contributed by atoms with Gasteiger partial charge in [0.2, 0.25) is 0 Å². The molecule has 0 atom stereocenters. The summed E-state index contributed by atoms with van der Waals surface area (Å²) in [5.41, 5.74) is 0.849. The number of hydrogen-bond acceptors (Lipinski definition) is 3. The molecule has 0 radical (unpaired) electrons. The summed E-state index contributed by atoms with van der Waals surface area (Å²) in [5.74, 6) is -0.967. The second-order valence-electron chi connectivity index (χ2n) is 5.00. The van der Waals surface area contributed by atoms with Gasteiger partial charge in [-0.2, -0.15) is 0 Å². The summed E-state index contributed by atoms with van der Waals surface area (Å²) in [5, 5.41) is 9.37. The summed E-state index contributed by atoms with van der Waals surface area (Å²) in [6.45, 7) is 6.19. The van der Waals surface area contributed by atoms with Gasteiger partial charge in [-0.15, -0.1) is 0 Å². The number of halogens is 1. The number of anilines is 1. The van der Waals surface area contributed by atoms with E-state index in [1.807, 2.05) is 13.8 Å².